The zero-order valence-corrected chi connectivity index (χ0v) is 11.2. The predicted octanol–water partition coefficient (Wildman–Crippen LogP) is 0.696. The van der Waals surface area contributed by atoms with E-state index in [0.717, 1.165) is 0 Å². The second-order valence-electron chi connectivity index (χ2n) is 3.85. The molecule has 0 saturated heterocycles. The monoisotopic (exact) mass is 308 g/mol. The van der Waals surface area contributed by atoms with Crippen LogP contribution in [-0.4, -0.2) is 33.2 Å². The van der Waals surface area contributed by atoms with Gasteiger partial charge in [0.05, 0.1) is 11.3 Å². The molecular formula is C11H14F2N2O4S. The van der Waals surface area contributed by atoms with Gasteiger partial charge >= 0.3 is 6.61 Å². The number of benzene rings is 1. The summed E-state index contributed by atoms with van der Waals surface area (Å²) in [6.07, 6.45) is 0.127. The quantitative estimate of drug-likeness (QED) is 0.724. The van der Waals surface area contributed by atoms with E-state index in [2.05, 4.69) is 10.1 Å². The van der Waals surface area contributed by atoms with Gasteiger partial charge in [-0.1, -0.05) is 12.1 Å². The van der Waals surface area contributed by atoms with Gasteiger partial charge in [-0.2, -0.15) is 8.78 Å². The number of alkyl halides is 2. The first-order chi connectivity index (χ1) is 9.29. The fourth-order valence-corrected chi connectivity index (χ4v) is 1.97. The van der Waals surface area contributed by atoms with Crippen LogP contribution in [0.3, 0.4) is 0 Å². The summed E-state index contributed by atoms with van der Waals surface area (Å²) in [5, 5.41) is 7.20. The van der Waals surface area contributed by atoms with Gasteiger partial charge in [0.1, 0.15) is 5.75 Å². The minimum Gasteiger partial charge on any atom is -0.434 e. The number of hydrogen-bond acceptors (Lipinski definition) is 4. The summed E-state index contributed by atoms with van der Waals surface area (Å²) in [6, 6.07) is 5.52. The standard InChI is InChI=1S/C11H14F2N2O4S/c12-11(13)19-9-5-2-1-4-8(9)10(16)15-6-3-7-20(14,17)18/h1-2,4-5,11H,3,6-7H2,(H,15,16)(H2,14,17,18). The Morgan fingerprint density at radius 1 is 1.35 bits per heavy atom. The maximum Gasteiger partial charge on any atom is 0.387 e. The van der Waals surface area contributed by atoms with Crippen LogP contribution in [0.4, 0.5) is 8.78 Å². The van der Waals surface area contributed by atoms with Crippen molar-refractivity contribution in [2.45, 2.75) is 13.0 Å². The molecule has 0 spiro atoms. The van der Waals surface area contributed by atoms with Crippen molar-refractivity contribution in [2.24, 2.45) is 5.14 Å². The van der Waals surface area contributed by atoms with Gasteiger partial charge in [0.2, 0.25) is 10.0 Å². The Morgan fingerprint density at radius 3 is 2.60 bits per heavy atom. The van der Waals surface area contributed by atoms with Gasteiger partial charge in [-0.3, -0.25) is 4.79 Å². The Bertz CT molecular complexity index is 563. The smallest absolute Gasteiger partial charge is 0.387 e. The number of hydrogen-bond donors (Lipinski definition) is 2. The van der Waals surface area contributed by atoms with Crippen molar-refractivity contribution in [3.8, 4) is 5.75 Å². The normalized spacial score (nSPS) is 11.4. The molecule has 0 aliphatic heterocycles. The summed E-state index contributed by atoms with van der Waals surface area (Å²) in [7, 11) is -3.59. The zero-order valence-electron chi connectivity index (χ0n) is 10.4. The number of carbonyl (C=O) groups is 1. The van der Waals surface area contributed by atoms with Gasteiger partial charge in [-0.25, -0.2) is 13.6 Å². The van der Waals surface area contributed by atoms with E-state index in [9.17, 15) is 22.0 Å². The number of para-hydroxylation sites is 1. The van der Waals surface area contributed by atoms with Crippen molar-refractivity contribution < 1.29 is 26.7 Å². The summed E-state index contributed by atoms with van der Waals surface area (Å²) in [4.78, 5) is 11.8. The average molecular weight is 308 g/mol. The molecule has 1 amide bonds. The Labute approximate surface area is 115 Å². The van der Waals surface area contributed by atoms with Gasteiger partial charge < -0.3 is 10.1 Å². The number of halogens is 2. The second-order valence-corrected chi connectivity index (χ2v) is 5.59. The van der Waals surface area contributed by atoms with Crippen LogP contribution in [-0.2, 0) is 10.0 Å². The highest BCUT2D eigenvalue weighted by molar-refractivity contribution is 7.89. The van der Waals surface area contributed by atoms with Crippen LogP contribution in [0.1, 0.15) is 16.8 Å². The number of sulfonamides is 1. The summed E-state index contributed by atoms with van der Waals surface area (Å²) in [5.41, 5.74) is -0.0524. The van der Waals surface area contributed by atoms with E-state index < -0.39 is 22.5 Å². The first kappa shape index (κ1) is 16.3. The van der Waals surface area contributed by atoms with Crippen molar-refractivity contribution in [1.29, 1.82) is 0 Å². The second kappa shape index (κ2) is 7.15. The predicted molar refractivity (Wildman–Crippen MR) is 68.0 cm³/mol. The summed E-state index contributed by atoms with van der Waals surface area (Å²) in [6.45, 7) is -2.98. The summed E-state index contributed by atoms with van der Waals surface area (Å²) in [5.74, 6) is -1.15. The van der Waals surface area contributed by atoms with Crippen LogP contribution < -0.4 is 15.2 Å². The molecule has 1 rings (SSSR count). The molecule has 3 N–H and O–H groups in total. The minimum atomic E-state index is -3.59. The third-order valence-corrected chi connectivity index (χ3v) is 3.10. The molecule has 0 aliphatic carbocycles. The number of primary sulfonamides is 1. The third-order valence-electron chi connectivity index (χ3n) is 2.24. The molecule has 0 aliphatic rings. The number of ether oxygens (including phenoxy) is 1. The van der Waals surface area contributed by atoms with Crippen molar-refractivity contribution in [3.05, 3.63) is 29.8 Å². The third kappa shape index (κ3) is 5.93. The average Bonchev–Trinajstić information content (AvgIpc) is 2.33. The van der Waals surface area contributed by atoms with Crippen molar-refractivity contribution in [3.63, 3.8) is 0 Å². The van der Waals surface area contributed by atoms with E-state index in [-0.39, 0.29) is 30.0 Å². The fourth-order valence-electron chi connectivity index (χ4n) is 1.42. The number of carbonyl (C=O) groups excluding carboxylic acids is 1. The molecule has 0 saturated carbocycles. The van der Waals surface area contributed by atoms with Crippen LogP contribution in [0.2, 0.25) is 0 Å². The van der Waals surface area contributed by atoms with Crippen LogP contribution in [0, 0.1) is 0 Å². The minimum absolute atomic E-state index is 0.0524. The van der Waals surface area contributed by atoms with E-state index in [1.165, 1.54) is 24.3 Å². The van der Waals surface area contributed by atoms with Gasteiger partial charge in [-0.15, -0.1) is 0 Å². The first-order valence-corrected chi connectivity index (χ1v) is 7.33. The maximum atomic E-state index is 12.2. The van der Waals surface area contributed by atoms with Crippen molar-refractivity contribution in [2.75, 3.05) is 12.3 Å². The number of amides is 1. The van der Waals surface area contributed by atoms with E-state index in [4.69, 9.17) is 5.14 Å². The maximum absolute atomic E-state index is 12.2. The van der Waals surface area contributed by atoms with Crippen molar-refractivity contribution >= 4 is 15.9 Å². The molecule has 6 nitrogen and oxygen atoms in total. The van der Waals surface area contributed by atoms with Gasteiger partial charge in [0, 0.05) is 6.54 Å². The highest BCUT2D eigenvalue weighted by Crippen LogP contribution is 2.19. The highest BCUT2D eigenvalue weighted by atomic mass is 32.2. The van der Waals surface area contributed by atoms with E-state index in [1.807, 2.05) is 0 Å². The molecule has 0 unspecified atom stereocenters. The van der Waals surface area contributed by atoms with Gasteiger partial charge in [0.15, 0.2) is 0 Å². The lowest BCUT2D eigenvalue weighted by molar-refractivity contribution is -0.0501. The van der Waals surface area contributed by atoms with Crippen molar-refractivity contribution in [1.82, 2.24) is 5.32 Å². The van der Waals surface area contributed by atoms with E-state index in [1.54, 1.807) is 0 Å². The van der Waals surface area contributed by atoms with E-state index in [0.29, 0.717) is 0 Å². The lowest BCUT2D eigenvalue weighted by atomic mass is 10.2. The Kier molecular flexibility index (Phi) is 5.83. The molecule has 0 aromatic heterocycles. The van der Waals surface area contributed by atoms with Crippen LogP contribution in [0.5, 0.6) is 5.75 Å². The Morgan fingerprint density at radius 2 is 2.00 bits per heavy atom. The number of nitrogens with one attached hydrogen (secondary N) is 1. The molecule has 9 heteroatoms. The van der Waals surface area contributed by atoms with E-state index >= 15 is 0 Å². The Balaban J connectivity index is 2.59. The highest BCUT2D eigenvalue weighted by Gasteiger charge is 2.14. The SMILES string of the molecule is NS(=O)(=O)CCCNC(=O)c1ccccc1OC(F)F. The van der Waals surface area contributed by atoms with Gasteiger partial charge in [0.25, 0.3) is 5.91 Å². The molecule has 0 heterocycles. The van der Waals surface area contributed by atoms with Crippen LogP contribution in [0.15, 0.2) is 24.3 Å². The molecule has 0 atom stereocenters. The molecule has 0 radical (unpaired) electrons. The number of nitrogens with two attached hydrogens (primary N) is 1. The lowest BCUT2D eigenvalue weighted by Crippen LogP contribution is -2.27. The Hall–Kier alpha value is -1.74. The zero-order chi connectivity index (χ0) is 15.2. The lowest BCUT2D eigenvalue weighted by Gasteiger charge is -2.10. The molecule has 112 valence electrons. The molecule has 20 heavy (non-hydrogen) atoms. The molecule has 0 fully saturated rings. The first-order valence-electron chi connectivity index (χ1n) is 5.62. The number of rotatable bonds is 7. The largest absolute Gasteiger partial charge is 0.434 e. The van der Waals surface area contributed by atoms with Crippen LogP contribution in [0.25, 0.3) is 0 Å². The topological polar surface area (TPSA) is 98.5 Å². The van der Waals surface area contributed by atoms with Crippen LogP contribution >= 0.6 is 0 Å². The molecular weight excluding hydrogens is 294 g/mol. The molecule has 1 aromatic rings. The summed E-state index contributed by atoms with van der Waals surface area (Å²) >= 11 is 0. The van der Waals surface area contributed by atoms with Gasteiger partial charge in [-0.05, 0) is 18.6 Å². The summed E-state index contributed by atoms with van der Waals surface area (Å²) < 4.78 is 49.9. The molecule has 1 aromatic carbocycles. The molecule has 0 bridgehead atoms. The fraction of sp³-hybridized carbons (Fsp3) is 0.364.